The molecule has 1 fully saturated rings. The van der Waals surface area contributed by atoms with Gasteiger partial charge in [0.1, 0.15) is 0 Å². The topological polar surface area (TPSA) is 39.7 Å². The highest BCUT2D eigenvalue weighted by Crippen LogP contribution is 2.34. The van der Waals surface area contributed by atoms with E-state index in [9.17, 15) is 0 Å². The first-order chi connectivity index (χ1) is 11.0. The number of nitrogens with zero attached hydrogens (tertiary/aromatic N) is 2. The number of aryl methyl sites for hydroxylation is 1. The number of benzene rings is 1. The van der Waals surface area contributed by atoms with E-state index in [-0.39, 0.29) is 0 Å². The predicted octanol–water partition coefficient (Wildman–Crippen LogP) is 2.72. The SMILES string of the molecule is CN=C(NCc1ccc(C)cc1SC)NCC(C1CC1)N(C)C. The number of nitrogens with one attached hydrogen (secondary N) is 2. The Morgan fingerprint density at radius 3 is 2.65 bits per heavy atom. The van der Waals surface area contributed by atoms with Gasteiger partial charge >= 0.3 is 0 Å². The Labute approximate surface area is 145 Å². The molecule has 1 aromatic rings. The molecule has 23 heavy (non-hydrogen) atoms. The summed E-state index contributed by atoms with van der Waals surface area (Å²) < 4.78 is 0. The zero-order chi connectivity index (χ0) is 16.8. The Hall–Kier alpha value is -1.20. The minimum Gasteiger partial charge on any atom is -0.355 e. The van der Waals surface area contributed by atoms with Crippen LogP contribution in [-0.2, 0) is 6.54 Å². The summed E-state index contributed by atoms with van der Waals surface area (Å²) in [6.07, 6.45) is 4.84. The number of rotatable bonds is 7. The number of hydrogen-bond acceptors (Lipinski definition) is 3. The summed E-state index contributed by atoms with van der Waals surface area (Å²) in [7, 11) is 6.16. The fourth-order valence-corrected chi connectivity index (χ4v) is 3.56. The molecule has 1 aromatic carbocycles. The van der Waals surface area contributed by atoms with Crippen LogP contribution in [0.25, 0.3) is 0 Å². The Kier molecular flexibility index (Phi) is 6.78. The van der Waals surface area contributed by atoms with Gasteiger partial charge in [0.25, 0.3) is 0 Å². The molecule has 128 valence electrons. The Morgan fingerprint density at radius 1 is 1.35 bits per heavy atom. The van der Waals surface area contributed by atoms with Crippen molar-refractivity contribution in [3.05, 3.63) is 29.3 Å². The van der Waals surface area contributed by atoms with Gasteiger partial charge in [0.05, 0.1) is 0 Å². The van der Waals surface area contributed by atoms with Crippen LogP contribution in [0, 0.1) is 12.8 Å². The number of thioether (sulfide) groups is 1. The van der Waals surface area contributed by atoms with Crippen LogP contribution in [0.3, 0.4) is 0 Å². The minimum atomic E-state index is 0.592. The van der Waals surface area contributed by atoms with Crippen molar-refractivity contribution in [3.63, 3.8) is 0 Å². The van der Waals surface area contributed by atoms with Gasteiger partial charge in [-0.1, -0.05) is 12.1 Å². The normalized spacial score (nSPS) is 16.5. The first-order valence-electron chi connectivity index (χ1n) is 8.29. The van der Waals surface area contributed by atoms with E-state index in [4.69, 9.17) is 0 Å². The molecule has 0 saturated heterocycles. The lowest BCUT2D eigenvalue weighted by Crippen LogP contribution is -2.45. The van der Waals surface area contributed by atoms with Crippen molar-refractivity contribution in [3.8, 4) is 0 Å². The van der Waals surface area contributed by atoms with Gasteiger partial charge in [-0.25, -0.2) is 0 Å². The van der Waals surface area contributed by atoms with E-state index < -0.39 is 0 Å². The molecule has 0 bridgehead atoms. The van der Waals surface area contributed by atoms with E-state index >= 15 is 0 Å². The highest BCUT2D eigenvalue weighted by atomic mass is 32.2. The van der Waals surface area contributed by atoms with Crippen molar-refractivity contribution in [2.75, 3.05) is 33.9 Å². The van der Waals surface area contributed by atoms with Crippen molar-refractivity contribution in [1.29, 1.82) is 0 Å². The van der Waals surface area contributed by atoms with E-state index in [1.807, 2.05) is 7.05 Å². The average Bonchev–Trinajstić information content (AvgIpc) is 3.35. The van der Waals surface area contributed by atoms with Crippen LogP contribution < -0.4 is 10.6 Å². The van der Waals surface area contributed by atoms with Crippen molar-refractivity contribution < 1.29 is 0 Å². The summed E-state index contributed by atoms with van der Waals surface area (Å²) in [6.45, 7) is 3.88. The number of aliphatic imine (C=N–C) groups is 1. The summed E-state index contributed by atoms with van der Waals surface area (Å²) in [5, 5.41) is 6.92. The van der Waals surface area contributed by atoms with Gasteiger partial charge < -0.3 is 15.5 Å². The van der Waals surface area contributed by atoms with E-state index in [1.54, 1.807) is 11.8 Å². The largest absolute Gasteiger partial charge is 0.355 e. The molecule has 0 radical (unpaired) electrons. The molecule has 0 aliphatic heterocycles. The smallest absolute Gasteiger partial charge is 0.191 e. The monoisotopic (exact) mass is 334 g/mol. The van der Waals surface area contributed by atoms with Crippen LogP contribution in [0.2, 0.25) is 0 Å². The Bertz CT molecular complexity index is 536. The molecule has 1 unspecified atom stereocenters. The van der Waals surface area contributed by atoms with Crippen LogP contribution in [0.15, 0.2) is 28.1 Å². The second kappa shape index (κ2) is 8.60. The van der Waals surface area contributed by atoms with Crippen LogP contribution >= 0.6 is 11.8 Å². The highest BCUT2D eigenvalue weighted by Gasteiger charge is 2.32. The molecule has 0 spiro atoms. The second-order valence-corrected chi connectivity index (χ2v) is 7.34. The molecule has 2 N–H and O–H groups in total. The maximum absolute atomic E-state index is 4.36. The molecule has 4 nitrogen and oxygen atoms in total. The van der Waals surface area contributed by atoms with Gasteiger partial charge in [-0.05, 0) is 63.2 Å². The summed E-state index contributed by atoms with van der Waals surface area (Å²) in [5.41, 5.74) is 2.62. The molecular formula is C18H30N4S. The molecule has 1 saturated carbocycles. The maximum Gasteiger partial charge on any atom is 0.191 e. The molecular weight excluding hydrogens is 304 g/mol. The standard InChI is InChI=1S/C18H30N4S/c1-13-6-7-15(17(10-13)23-5)11-20-18(19-2)21-12-16(22(3)4)14-8-9-14/h6-7,10,14,16H,8-9,11-12H2,1-5H3,(H2,19,20,21). The fraction of sp³-hybridized carbons (Fsp3) is 0.611. The molecule has 0 amide bonds. The average molecular weight is 335 g/mol. The van der Waals surface area contributed by atoms with E-state index in [0.717, 1.165) is 25.0 Å². The second-order valence-electron chi connectivity index (χ2n) is 6.49. The van der Waals surface area contributed by atoms with Gasteiger partial charge in [0, 0.05) is 31.1 Å². The summed E-state index contributed by atoms with van der Waals surface area (Å²) in [6, 6.07) is 7.21. The first kappa shape index (κ1) is 18.1. The van der Waals surface area contributed by atoms with Crippen molar-refractivity contribution in [2.45, 2.75) is 37.2 Å². The van der Waals surface area contributed by atoms with Crippen LogP contribution in [0.5, 0.6) is 0 Å². The Balaban J connectivity index is 1.88. The van der Waals surface area contributed by atoms with Gasteiger partial charge in [0.15, 0.2) is 5.96 Å². The van der Waals surface area contributed by atoms with Crippen molar-refractivity contribution in [2.24, 2.45) is 10.9 Å². The van der Waals surface area contributed by atoms with Crippen molar-refractivity contribution in [1.82, 2.24) is 15.5 Å². The zero-order valence-corrected chi connectivity index (χ0v) is 15.8. The third kappa shape index (κ3) is 5.43. The summed E-state index contributed by atoms with van der Waals surface area (Å²) >= 11 is 1.80. The fourth-order valence-electron chi connectivity index (χ4n) is 2.85. The lowest BCUT2D eigenvalue weighted by Gasteiger charge is -2.25. The van der Waals surface area contributed by atoms with Gasteiger partial charge in [-0.15, -0.1) is 11.8 Å². The van der Waals surface area contributed by atoms with Crippen LogP contribution in [-0.4, -0.2) is 50.8 Å². The summed E-state index contributed by atoms with van der Waals surface area (Å²) in [4.78, 5) is 8.01. The molecule has 0 heterocycles. The van der Waals surface area contributed by atoms with Gasteiger partial charge in [0.2, 0.25) is 0 Å². The molecule has 5 heteroatoms. The molecule has 2 rings (SSSR count). The number of guanidine groups is 1. The Morgan fingerprint density at radius 2 is 2.09 bits per heavy atom. The van der Waals surface area contributed by atoms with Crippen LogP contribution in [0.4, 0.5) is 0 Å². The van der Waals surface area contributed by atoms with Gasteiger partial charge in [-0.3, -0.25) is 4.99 Å². The lowest BCUT2D eigenvalue weighted by atomic mass is 10.1. The third-order valence-electron chi connectivity index (χ3n) is 4.42. The first-order valence-corrected chi connectivity index (χ1v) is 9.52. The minimum absolute atomic E-state index is 0.592. The van der Waals surface area contributed by atoms with E-state index in [0.29, 0.717) is 6.04 Å². The van der Waals surface area contributed by atoms with E-state index in [2.05, 4.69) is 66.0 Å². The highest BCUT2D eigenvalue weighted by molar-refractivity contribution is 7.98. The van der Waals surface area contributed by atoms with Crippen molar-refractivity contribution >= 4 is 17.7 Å². The van der Waals surface area contributed by atoms with E-state index in [1.165, 1.54) is 28.9 Å². The summed E-state index contributed by atoms with van der Waals surface area (Å²) in [5.74, 6) is 1.72. The van der Waals surface area contributed by atoms with Crippen LogP contribution in [0.1, 0.15) is 24.0 Å². The third-order valence-corrected chi connectivity index (χ3v) is 5.24. The number of likely N-dealkylation sites (N-methyl/N-ethyl adjacent to an activating group) is 1. The quantitative estimate of drug-likeness (QED) is 0.457. The maximum atomic E-state index is 4.36. The zero-order valence-electron chi connectivity index (χ0n) is 15.0. The molecule has 1 aliphatic carbocycles. The molecule has 1 aliphatic rings. The molecule has 0 aromatic heterocycles. The number of hydrogen-bond donors (Lipinski definition) is 2. The lowest BCUT2D eigenvalue weighted by molar-refractivity contribution is 0.264. The molecule has 1 atom stereocenters. The predicted molar refractivity (Wildman–Crippen MR) is 101 cm³/mol. The van der Waals surface area contributed by atoms with Gasteiger partial charge in [-0.2, -0.15) is 0 Å².